The summed E-state index contributed by atoms with van der Waals surface area (Å²) in [6, 6.07) is 20.5. The predicted octanol–water partition coefficient (Wildman–Crippen LogP) is 5.16. The van der Waals surface area contributed by atoms with Gasteiger partial charge in [0.25, 0.3) is 0 Å². The topological polar surface area (TPSA) is 27.7 Å². The molecule has 2 aromatic rings. The number of benzene rings is 2. The molecule has 3 rings (SSSR count). The molecule has 2 atom stereocenters. The van der Waals surface area contributed by atoms with Gasteiger partial charge < -0.3 is 14.2 Å². The van der Waals surface area contributed by atoms with Gasteiger partial charge in [-0.15, -0.1) is 0 Å². The van der Waals surface area contributed by atoms with E-state index in [0.29, 0.717) is 26.4 Å². The molecule has 1 aliphatic heterocycles. The van der Waals surface area contributed by atoms with Gasteiger partial charge in [-0.1, -0.05) is 79.7 Å². The van der Waals surface area contributed by atoms with Crippen LogP contribution in [0, 0.1) is 5.41 Å². The first kappa shape index (κ1) is 19.8. The van der Waals surface area contributed by atoms with Crippen LogP contribution >= 0.6 is 0 Å². The highest BCUT2D eigenvalue weighted by molar-refractivity contribution is 5.14. The standard InChI is InChI=1S/C24H30O3/c1-20-10-9-15-23(27-20)24(2,18-25-16-21-11-5-3-6-12-21)19-26-17-22-13-7-4-8-14-22/h3-9,11-15,20,23H,10,16-19H2,1-2H3/t20-,23-/m1/s1. The van der Waals surface area contributed by atoms with Gasteiger partial charge in [0.05, 0.1) is 38.6 Å². The molecule has 3 nitrogen and oxygen atoms in total. The van der Waals surface area contributed by atoms with E-state index in [4.69, 9.17) is 14.2 Å². The van der Waals surface area contributed by atoms with Crippen LogP contribution in [-0.4, -0.2) is 25.4 Å². The van der Waals surface area contributed by atoms with E-state index in [1.807, 2.05) is 36.4 Å². The molecule has 1 aliphatic rings. The smallest absolute Gasteiger partial charge is 0.0857 e. The summed E-state index contributed by atoms with van der Waals surface area (Å²) in [5.74, 6) is 0. The van der Waals surface area contributed by atoms with E-state index in [2.05, 4.69) is 50.3 Å². The SMILES string of the molecule is C[C@@H]1CC=C[C@H](C(C)(COCc2ccccc2)COCc2ccccc2)O1. The third-order valence-corrected chi connectivity index (χ3v) is 4.93. The summed E-state index contributed by atoms with van der Waals surface area (Å²) in [6.45, 7) is 6.67. The fraction of sp³-hybridized carbons (Fsp3) is 0.417. The molecule has 2 aromatic carbocycles. The molecule has 0 saturated heterocycles. The minimum atomic E-state index is -0.241. The van der Waals surface area contributed by atoms with E-state index in [9.17, 15) is 0 Å². The van der Waals surface area contributed by atoms with Crippen LogP contribution in [0.15, 0.2) is 72.8 Å². The molecule has 27 heavy (non-hydrogen) atoms. The van der Waals surface area contributed by atoms with Crippen molar-refractivity contribution in [3.05, 3.63) is 83.9 Å². The van der Waals surface area contributed by atoms with Crippen LogP contribution in [0.3, 0.4) is 0 Å². The first-order valence-electron chi connectivity index (χ1n) is 9.71. The fourth-order valence-corrected chi connectivity index (χ4v) is 3.30. The van der Waals surface area contributed by atoms with Gasteiger partial charge in [-0.2, -0.15) is 0 Å². The van der Waals surface area contributed by atoms with Crippen molar-refractivity contribution in [2.24, 2.45) is 5.41 Å². The number of hydrogen-bond donors (Lipinski definition) is 0. The van der Waals surface area contributed by atoms with Crippen LogP contribution in [0.1, 0.15) is 31.4 Å². The highest BCUT2D eigenvalue weighted by atomic mass is 16.5. The van der Waals surface area contributed by atoms with Crippen molar-refractivity contribution in [3.8, 4) is 0 Å². The summed E-state index contributed by atoms with van der Waals surface area (Å²) < 4.78 is 18.4. The second-order valence-electron chi connectivity index (χ2n) is 7.64. The summed E-state index contributed by atoms with van der Waals surface area (Å²) in [7, 11) is 0. The Morgan fingerprint density at radius 3 is 1.89 bits per heavy atom. The average Bonchev–Trinajstić information content (AvgIpc) is 2.70. The van der Waals surface area contributed by atoms with Gasteiger partial charge in [-0.25, -0.2) is 0 Å². The molecule has 0 saturated carbocycles. The Kier molecular flexibility index (Phi) is 7.22. The second kappa shape index (κ2) is 9.84. The van der Waals surface area contributed by atoms with E-state index in [1.54, 1.807) is 0 Å². The molecule has 0 radical (unpaired) electrons. The summed E-state index contributed by atoms with van der Waals surface area (Å²) in [4.78, 5) is 0. The summed E-state index contributed by atoms with van der Waals surface area (Å²) in [5.41, 5.74) is 2.12. The Balaban J connectivity index is 1.60. The Bertz CT molecular complexity index is 651. The van der Waals surface area contributed by atoms with Gasteiger partial charge in [0.1, 0.15) is 0 Å². The van der Waals surface area contributed by atoms with Crippen molar-refractivity contribution in [1.29, 1.82) is 0 Å². The minimum Gasteiger partial charge on any atom is -0.376 e. The second-order valence-corrected chi connectivity index (χ2v) is 7.64. The van der Waals surface area contributed by atoms with E-state index in [1.165, 1.54) is 11.1 Å². The lowest BCUT2D eigenvalue weighted by atomic mass is 9.84. The van der Waals surface area contributed by atoms with E-state index < -0.39 is 0 Å². The molecule has 0 N–H and O–H groups in total. The molecule has 0 aliphatic carbocycles. The zero-order valence-electron chi connectivity index (χ0n) is 16.3. The molecular formula is C24H30O3. The number of hydrogen-bond acceptors (Lipinski definition) is 3. The van der Waals surface area contributed by atoms with Crippen molar-refractivity contribution < 1.29 is 14.2 Å². The van der Waals surface area contributed by atoms with Crippen LogP contribution in [0.2, 0.25) is 0 Å². The van der Waals surface area contributed by atoms with Gasteiger partial charge in [0.2, 0.25) is 0 Å². The lowest BCUT2D eigenvalue weighted by Crippen LogP contribution is -2.44. The lowest BCUT2D eigenvalue weighted by Gasteiger charge is -2.38. The first-order valence-corrected chi connectivity index (χ1v) is 9.71. The quantitative estimate of drug-likeness (QED) is 0.574. The Morgan fingerprint density at radius 2 is 1.41 bits per heavy atom. The lowest BCUT2D eigenvalue weighted by molar-refractivity contribution is -0.116. The largest absolute Gasteiger partial charge is 0.376 e. The first-order chi connectivity index (χ1) is 13.2. The summed E-state index contributed by atoms with van der Waals surface area (Å²) in [6.07, 6.45) is 5.56. The van der Waals surface area contributed by atoms with Crippen molar-refractivity contribution in [2.45, 2.75) is 45.7 Å². The normalized spacial score (nSPS) is 19.9. The molecule has 144 valence electrons. The molecule has 0 fully saturated rings. The maximum Gasteiger partial charge on any atom is 0.0857 e. The highest BCUT2D eigenvalue weighted by Crippen LogP contribution is 2.31. The van der Waals surface area contributed by atoms with Crippen LogP contribution in [-0.2, 0) is 27.4 Å². The van der Waals surface area contributed by atoms with Crippen molar-refractivity contribution in [3.63, 3.8) is 0 Å². The third kappa shape index (κ3) is 6.03. The molecule has 0 spiro atoms. The predicted molar refractivity (Wildman–Crippen MR) is 108 cm³/mol. The monoisotopic (exact) mass is 366 g/mol. The summed E-state index contributed by atoms with van der Waals surface area (Å²) >= 11 is 0. The maximum atomic E-state index is 6.21. The molecular weight excluding hydrogens is 336 g/mol. The minimum absolute atomic E-state index is 0.00667. The molecule has 3 heteroatoms. The molecule has 0 unspecified atom stereocenters. The van der Waals surface area contributed by atoms with Crippen LogP contribution in [0.4, 0.5) is 0 Å². The van der Waals surface area contributed by atoms with Crippen molar-refractivity contribution >= 4 is 0 Å². The van der Waals surface area contributed by atoms with Crippen LogP contribution in [0.5, 0.6) is 0 Å². The molecule has 0 amide bonds. The van der Waals surface area contributed by atoms with Crippen LogP contribution < -0.4 is 0 Å². The average molecular weight is 367 g/mol. The Morgan fingerprint density at radius 1 is 0.889 bits per heavy atom. The summed E-state index contributed by atoms with van der Waals surface area (Å²) in [5, 5.41) is 0. The molecule has 0 bridgehead atoms. The zero-order chi connectivity index (χ0) is 19.0. The van der Waals surface area contributed by atoms with Gasteiger partial charge in [0.15, 0.2) is 0 Å². The Labute approximate surface area is 163 Å². The van der Waals surface area contributed by atoms with Gasteiger partial charge in [-0.05, 0) is 24.5 Å². The van der Waals surface area contributed by atoms with E-state index in [0.717, 1.165) is 6.42 Å². The van der Waals surface area contributed by atoms with Gasteiger partial charge >= 0.3 is 0 Å². The fourth-order valence-electron chi connectivity index (χ4n) is 3.30. The van der Waals surface area contributed by atoms with Crippen molar-refractivity contribution in [2.75, 3.05) is 13.2 Å². The van der Waals surface area contributed by atoms with E-state index >= 15 is 0 Å². The Hall–Kier alpha value is -1.94. The van der Waals surface area contributed by atoms with Crippen LogP contribution in [0.25, 0.3) is 0 Å². The zero-order valence-corrected chi connectivity index (χ0v) is 16.3. The number of ether oxygens (including phenoxy) is 3. The van der Waals surface area contributed by atoms with Crippen molar-refractivity contribution in [1.82, 2.24) is 0 Å². The van der Waals surface area contributed by atoms with Gasteiger partial charge in [0, 0.05) is 5.41 Å². The number of rotatable bonds is 9. The molecule has 0 aromatic heterocycles. The van der Waals surface area contributed by atoms with E-state index in [-0.39, 0.29) is 17.6 Å². The molecule has 1 heterocycles. The highest BCUT2D eigenvalue weighted by Gasteiger charge is 2.36. The van der Waals surface area contributed by atoms with Gasteiger partial charge in [-0.3, -0.25) is 0 Å². The maximum absolute atomic E-state index is 6.21. The third-order valence-electron chi connectivity index (χ3n) is 4.93.